The van der Waals surface area contributed by atoms with E-state index in [9.17, 15) is 0 Å². The highest BCUT2D eigenvalue weighted by molar-refractivity contribution is 5.48. The maximum Gasteiger partial charge on any atom is 0.00670 e. The van der Waals surface area contributed by atoms with Crippen LogP contribution in [0.2, 0.25) is 0 Å². The van der Waals surface area contributed by atoms with Gasteiger partial charge >= 0.3 is 0 Å². The molecule has 0 radical (unpaired) electrons. The summed E-state index contributed by atoms with van der Waals surface area (Å²) in [6, 6.07) is 0. The molecule has 0 aromatic rings. The molecule has 0 amide bonds. The third-order valence-electron chi connectivity index (χ3n) is 4.46. The summed E-state index contributed by atoms with van der Waals surface area (Å²) in [4.78, 5) is 0. The molecule has 0 saturated heterocycles. The third kappa shape index (κ3) is 0.820. The van der Waals surface area contributed by atoms with Crippen molar-refractivity contribution in [2.24, 2.45) is 17.3 Å². The molecule has 0 saturated carbocycles. The quantitative estimate of drug-likeness (QED) is 0.490. The van der Waals surface area contributed by atoms with Crippen LogP contribution in [0.25, 0.3) is 0 Å². The maximum atomic E-state index is 2.42. The van der Waals surface area contributed by atoms with E-state index in [-0.39, 0.29) is 0 Å². The number of allylic oxidation sites excluding steroid dienone is 4. The van der Waals surface area contributed by atoms with Crippen molar-refractivity contribution in [2.75, 3.05) is 0 Å². The SMILES string of the molecule is CC1=C(C)C2C(C)=C(C)C1C2(C)C. The molecule has 2 bridgehead atoms. The van der Waals surface area contributed by atoms with Crippen molar-refractivity contribution in [3.63, 3.8) is 0 Å². The zero-order valence-corrected chi connectivity index (χ0v) is 9.65. The standard InChI is InChI=1S/C13H20/c1-7-8(2)12-10(4)9(3)11(7)13(12,5)6/h11-12H,1-6H3. The average Bonchev–Trinajstić information content (AvgIpc) is 2.26. The normalized spacial score (nSPS) is 36.5. The van der Waals surface area contributed by atoms with Crippen LogP contribution in [0.15, 0.2) is 22.3 Å². The van der Waals surface area contributed by atoms with Crippen LogP contribution in [-0.4, -0.2) is 0 Å². The molecule has 0 aliphatic heterocycles. The van der Waals surface area contributed by atoms with Gasteiger partial charge in [-0.3, -0.25) is 0 Å². The average molecular weight is 176 g/mol. The smallest absolute Gasteiger partial charge is 0.00670 e. The lowest BCUT2D eigenvalue weighted by atomic mass is 9.76. The van der Waals surface area contributed by atoms with E-state index < -0.39 is 0 Å². The first kappa shape index (κ1) is 9.05. The first-order valence-electron chi connectivity index (χ1n) is 5.23. The van der Waals surface area contributed by atoms with Gasteiger partial charge in [0.25, 0.3) is 0 Å². The zero-order valence-electron chi connectivity index (χ0n) is 9.65. The minimum atomic E-state index is 0.461. The highest BCUT2D eigenvalue weighted by Gasteiger charge is 2.52. The van der Waals surface area contributed by atoms with Gasteiger partial charge in [0.1, 0.15) is 0 Å². The van der Waals surface area contributed by atoms with E-state index >= 15 is 0 Å². The fourth-order valence-electron chi connectivity index (χ4n) is 3.96. The van der Waals surface area contributed by atoms with Crippen molar-refractivity contribution >= 4 is 0 Å². The van der Waals surface area contributed by atoms with E-state index in [1.54, 1.807) is 22.3 Å². The van der Waals surface area contributed by atoms with Crippen LogP contribution in [-0.2, 0) is 0 Å². The zero-order chi connectivity index (χ0) is 9.96. The van der Waals surface area contributed by atoms with Gasteiger partial charge in [0, 0.05) is 11.8 Å². The molecule has 2 rings (SSSR count). The van der Waals surface area contributed by atoms with Crippen LogP contribution in [0, 0.1) is 17.3 Å². The first-order chi connectivity index (χ1) is 5.89. The van der Waals surface area contributed by atoms with Gasteiger partial charge in [-0.1, -0.05) is 36.1 Å². The second-order valence-corrected chi connectivity index (χ2v) is 5.42. The molecule has 0 aromatic heterocycles. The van der Waals surface area contributed by atoms with Crippen LogP contribution in [0.4, 0.5) is 0 Å². The van der Waals surface area contributed by atoms with Gasteiger partial charge in [-0.25, -0.2) is 0 Å². The van der Waals surface area contributed by atoms with E-state index in [4.69, 9.17) is 0 Å². The Bertz CT molecular complexity index is 270. The largest absolute Gasteiger partial charge is 0.0660 e. The van der Waals surface area contributed by atoms with Gasteiger partial charge in [-0.05, 0) is 33.1 Å². The van der Waals surface area contributed by atoms with Gasteiger partial charge in [-0.2, -0.15) is 0 Å². The maximum absolute atomic E-state index is 2.42. The van der Waals surface area contributed by atoms with E-state index in [1.807, 2.05) is 0 Å². The summed E-state index contributed by atoms with van der Waals surface area (Å²) >= 11 is 0. The monoisotopic (exact) mass is 176 g/mol. The molecular formula is C13H20. The summed E-state index contributed by atoms with van der Waals surface area (Å²) in [6.45, 7) is 14.1. The molecule has 0 spiro atoms. The summed E-state index contributed by atoms with van der Waals surface area (Å²) in [5.74, 6) is 1.47. The van der Waals surface area contributed by atoms with Crippen molar-refractivity contribution in [2.45, 2.75) is 41.5 Å². The fourth-order valence-corrected chi connectivity index (χ4v) is 3.96. The Kier molecular flexibility index (Phi) is 1.59. The third-order valence-corrected chi connectivity index (χ3v) is 4.46. The van der Waals surface area contributed by atoms with E-state index in [0.717, 1.165) is 11.8 Å². The molecule has 0 N–H and O–H groups in total. The molecule has 0 unspecified atom stereocenters. The molecule has 2 aliphatic rings. The number of hydrogen-bond donors (Lipinski definition) is 0. The second-order valence-electron chi connectivity index (χ2n) is 5.42. The molecule has 0 heterocycles. The van der Waals surface area contributed by atoms with Gasteiger partial charge < -0.3 is 0 Å². The van der Waals surface area contributed by atoms with Gasteiger partial charge in [0.2, 0.25) is 0 Å². The lowest BCUT2D eigenvalue weighted by Crippen LogP contribution is -2.21. The van der Waals surface area contributed by atoms with Crippen LogP contribution in [0.5, 0.6) is 0 Å². The molecule has 0 heteroatoms. The second kappa shape index (κ2) is 2.29. The molecule has 13 heavy (non-hydrogen) atoms. The topological polar surface area (TPSA) is 0 Å². The van der Waals surface area contributed by atoms with E-state index in [0.29, 0.717) is 5.41 Å². The summed E-state index contributed by atoms with van der Waals surface area (Å²) in [5.41, 5.74) is 7.01. The van der Waals surface area contributed by atoms with Crippen molar-refractivity contribution < 1.29 is 0 Å². The molecule has 2 aliphatic carbocycles. The summed E-state index contributed by atoms with van der Waals surface area (Å²) < 4.78 is 0. The van der Waals surface area contributed by atoms with Gasteiger partial charge in [0.15, 0.2) is 0 Å². The van der Waals surface area contributed by atoms with Crippen LogP contribution >= 0.6 is 0 Å². The van der Waals surface area contributed by atoms with Crippen molar-refractivity contribution in [1.82, 2.24) is 0 Å². The van der Waals surface area contributed by atoms with E-state index in [2.05, 4.69) is 41.5 Å². The fraction of sp³-hybridized carbons (Fsp3) is 0.692. The Morgan fingerprint density at radius 1 is 0.692 bits per heavy atom. The van der Waals surface area contributed by atoms with Crippen LogP contribution in [0.3, 0.4) is 0 Å². The Morgan fingerprint density at radius 2 is 0.923 bits per heavy atom. The lowest BCUT2D eigenvalue weighted by molar-refractivity contribution is 0.276. The summed E-state index contributed by atoms with van der Waals surface area (Å²) in [7, 11) is 0. The predicted octanol–water partition coefficient (Wildman–Crippen LogP) is 3.95. The van der Waals surface area contributed by atoms with E-state index in [1.165, 1.54) is 0 Å². The van der Waals surface area contributed by atoms with Crippen LogP contribution in [0.1, 0.15) is 41.5 Å². The van der Waals surface area contributed by atoms with Crippen molar-refractivity contribution in [3.8, 4) is 0 Å². The summed E-state index contributed by atoms with van der Waals surface area (Å²) in [5, 5.41) is 0. The molecular weight excluding hydrogens is 156 g/mol. The Hall–Kier alpha value is -0.520. The lowest BCUT2D eigenvalue weighted by Gasteiger charge is -2.27. The molecule has 72 valence electrons. The minimum absolute atomic E-state index is 0.461. The van der Waals surface area contributed by atoms with Crippen molar-refractivity contribution in [1.29, 1.82) is 0 Å². The number of hydrogen-bond acceptors (Lipinski definition) is 0. The number of rotatable bonds is 0. The highest BCUT2D eigenvalue weighted by Crippen LogP contribution is 2.61. The van der Waals surface area contributed by atoms with Gasteiger partial charge in [-0.15, -0.1) is 0 Å². The Balaban J connectivity index is 2.57. The highest BCUT2D eigenvalue weighted by atomic mass is 14.6. The Labute approximate surface area is 81.7 Å². The molecule has 0 fully saturated rings. The number of fused-ring (bicyclic) bond motifs is 2. The van der Waals surface area contributed by atoms with Crippen LogP contribution < -0.4 is 0 Å². The molecule has 0 aromatic carbocycles. The predicted molar refractivity (Wildman–Crippen MR) is 57.5 cm³/mol. The Morgan fingerprint density at radius 3 is 1.08 bits per heavy atom. The summed E-state index contributed by atoms with van der Waals surface area (Å²) in [6.07, 6.45) is 0. The van der Waals surface area contributed by atoms with Gasteiger partial charge in [0.05, 0.1) is 0 Å². The van der Waals surface area contributed by atoms with Crippen molar-refractivity contribution in [3.05, 3.63) is 22.3 Å². The molecule has 0 atom stereocenters. The minimum Gasteiger partial charge on any atom is -0.0660 e. The first-order valence-corrected chi connectivity index (χ1v) is 5.23. The molecule has 0 nitrogen and oxygen atoms in total.